The van der Waals surface area contributed by atoms with Gasteiger partial charge in [-0.25, -0.2) is 57.6 Å². The molecule has 4 aliphatic heterocycles. The third-order valence-electron chi connectivity index (χ3n) is 14.8. The number of alkyl halides is 2. The normalized spacial score (nSPS) is 25.7. The van der Waals surface area contributed by atoms with Crippen LogP contribution in [-0.2, 0) is 90.4 Å². The number of imidazole rings is 2. The molecule has 0 saturated carbocycles. The number of hydrogen-bond acceptors (Lipinski definition) is 25. The monoisotopic (exact) mass is 1330 g/mol. The molecule has 0 bridgehead atoms. The Morgan fingerprint density at radius 3 is 2.09 bits per heavy atom. The Kier molecular flexibility index (Phi) is 21.6. The van der Waals surface area contributed by atoms with E-state index in [1.165, 1.54) is 7.05 Å². The lowest BCUT2D eigenvalue weighted by Crippen LogP contribution is -2.46. The molecule has 9 rings (SSSR count). The number of nitrogens with two attached hydrogens (primary N) is 2. The molecule has 0 aliphatic carbocycles. The highest BCUT2D eigenvalue weighted by Crippen LogP contribution is 2.54. The lowest BCUT2D eigenvalue weighted by atomic mass is 9.85. The quantitative estimate of drug-likeness (QED) is 0.0280. The lowest BCUT2D eigenvalue weighted by Gasteiger charge is -2.28. The number of nitrogens with one attached hydrogen (secondary N) is 3. The van der Waals surface area contributed by atoms with Crippen molar-refractivity contribution in [3.63, 3.8) is 0 Å². The van der Waals surface area contributed by atoms with Crippen molar-refractivity contribution >= 4 is 108 Å². The predicted molar refractivity (Wildman–Crippen MR) is 311 cm³/mol. The summed E-state index contributed by atoms with van der Waals surface area (Å²) in [7, 11) is -3.85. The van der Waals surface area contributed by atoms with E-state index in [9.17, 15) is 52.7 Å². The first-order valence-corrected chi connectivity index (χ1v) is 32.2. The Hall–Kier alpha value is -7.96. The zero-order valence-electron chi connectivity index (χ0n) is 48.6. The van der Waals surface area contributed by atoms with Crippen molar-refractivity contribution in [3.8, 4) is 0 Å². The topological polar surface area (TPSA) is 450 Å². The van der Waals surface area contributed by atoms with Gasteiger partial charge in [0.25, 0.3) is 11.8 Å². The summed E-state index contributed by atoms with van der Waals surface area (Å²) in [6.45, 7) is -3.48. The van der Waals surface area contributed by atoms with Gasteiger partial charge in [0.05, 0.1) is 38.5 Å². The number of nitrogen functional groups attached to an aromatic ring is 1. The molecule has 3 fully saturated rings. The molecule has 490 valence electrons. The van der Waals surface area contributed by atoms with Crippen LogP contribution in [0, 0.1) is 11.8 Å². The van der Waals surface area contributed by atoms with Crippen molar-refractivity contribution < 1.29 is 98.5 Å². The van der Waals surface area contributed by atoms with Crippen LogP contribution in [0.5, 0.6) is 0 Å². The molecule has 2 unspecified atom stereocenters. The van der Waals surface area contributed by atoms with E-state index >= 15 is 8.78 Å². The summed E-state index contributed by atoms with van der Waals surface area (Å²) in [6, 6.07) is 4.85. The fraction of sp³-hybridized carbons (Fsp3) is 0.500. The SMILES string of the molecule is CC(C)[C@H](NC(=O)CCN1C(=O)C=CC1=O)C(=O)C[C@@H](CCCNC(N)=O)C(=O)Cc1ccc(COC(=O)N(C)CCOC(=O)Nc2ncnc3c2ncn3[C@@H]2O[C@@H]3COP(=O)(O)O[C@H]4[C@@H](F)[C@H](n5cnc6c(N)ncnc65)O[C@@H]4COP(O)(=S)O[C@H]3[C@H]2F)cc1. The van der Waals surface area contributed by atoms with Gasteiger partial charge in [0.15, 0.2) is 59.0 Å². The summed E-state index contributed by atoms with van der Waals surface area (Å²) >= 11 is 5.22. The third-order valence-corrected chi connectivity index (χ3v) is 17.4. The fourth-order valence-corrected chi connectivity index (χ4v) is 12.5. The summed E-state index contributed by atoms with van der Waals surface area (Å²) < 4.78 is 92.5. The third kappa shape index (κ3) is 16.6. The molecule has 8 heterocycles. The molecule has 39 heteroatoms. The first-order chi connectivity index (χ1) is 43.3. The second-order valence-electron chi connectivity index (χ2n) is 21.5. The number of nitrogens with zero attached hydrogens (tertiary/aromatic N) is 10. The molecule has 0 spiro atoms. The Labute approximate surface area is 519 Å². The minimum absolute atomic E-state index is 0.0198. The Morgan fingerprint density at radius 1 is 0.835 bits per heavy atom. The molecule has 5 aromatic rings. The maximum Gasteiger partial charge on any atom is 0.472 e. The van der Waals surface area contributed by atoms with Crippen LogP contribution in [-0.4, -0.2) is 195 Å². The molecule has 0 radical (unpaired) electrons. The van der Waals surface area contributed by atoms with E-state index in [-0.39, 0.29) is 104 Å². The van der Waals surface area contributed by atoms with Crippen LogP contribution in [0.3, 0.4) is 0 Å². The van der Waals surface area contributed by atoms with Crippen molar-refractivity contribution in [1.29, 1.82) is 0 Å². The summed E-state index contributed by atoms with van der Waals surface area (Å²) in [6.07, 6.45) is -9.99. The number of imide groups is 1. The number of carbonyl (C=O) groups excluding carboxylic acids is 8. The van der Waals surface area contributed by atoms with Gasteiger partial charge in [-0.1, -0.05) is 38.1 Å². The van der Waals surface area contributed by atoms with Gasteiger partial charge in [0.1, 0.15) is 61.6 Å². The number of hydrogen-bond donors (Lipinski definition) is 7. The number of urea groups is 1. The number of amides is 7. The van der Waals surface area contributed by atoms with Gasteiger partial charge in [-0.15, -0.1) is 0 Å². The number of Topliss-reactive ketones (excluding diaryl/α,β-unsaturated/α-hetero) is 2. The smallest absolute Gasteiger partial charge is 0.447 e. The molecule has 91 heavy (non-hydrogen) atoms. The van der Waals surface area contributed by atoms with Crippen molar-refractivity contribution in [1.82, 2.24) is 59.5 Å². The van der Waals surface area contributed by atoms with E-state index in [2.05, 4.69) is 45.9 Å². The molecule has 34 nitrogen and oxygen atoms in total. The van der Waals surface area contributed by atoms with Crippen LogP contribution < -0.4 is 27.4 Å². The van der Waals surface area contributed by atoms with Crippen LogP contribution in [0.15, 0.2) is 61.7 Å². The van der Waals surface area contributed by atoms with E-state index in [1.54, 1.807) is 38.1 Å². The molecule has 4 aliphatic rings. The van der Waals surface area contributed by atoms with Crippen LogP contribution in [0.1, 0.15) is 63.1 Å². The van der Waals surface area contributed by atoms with Crippen LogP contribution in [0.25, 0.3) is 22.3 Å². The number of ketones is 2. The number of benzene rings is 1. The highest BCUT2D eigenvalue weighted by Gasteiger charge is 2.54. The van der Waals surface area contributed by atoms with Crippen molar-refractivity contribution in [3.05, 3.63) is 72.9 Å². The van der Waals surface area contributed by atoms with Gasteiger partial charge in [-0.05, 0) is 41.7 Å². The maximum atomic E-state index is 16.6. The van der Waals surface area contributed by atoms with E-state index in [0.717, 1.165) is 56.4 Å². The number of ether oxygens (including phenoxy) is 4. The average Bonchev–Trinajstić information content (AvgIpc) is 1.63. The van der Waals surface area contributed by atoms with Gasteiger partial charge < -0.3 is 60.3 Å². The predicted octanol–water partition coefficient (Wildman–Crippen LogP) is 2.26. The number of fused-ring (bicyclic) bond motifs is 4. The number of phosphoric ester groups is 1. The first-order valence-electron chi connectivity index (χ1n) is 28.1. The van der Waals surface area contributed by atoms with Crippen LogP contribution >= 0.6 is 14.5 Å². The Morgan fingerprint density at radius 2 is 1.44 bits per heavy atom. The largest absolute Gasteiger partial charge is 0.472 e. The number of likely N-dealkylation sites (N-methyl/N-ethyl adjacent to an activating group) is 1. The Bertz CT molecular complexity index is 3680. The number of aromatic nitrogens is 8. The molecule has 3 saturated heterocycles. The van der Waals surface area contributed by atoms with Crippen molar-refractivity contribution in [2.45, 2.75) is 108 Å². The van der Waals surface area contributed by atoms with Crippen molar-refractivity contribution in [2.75, 3.05) is 57.6 Å². The number of phosphoric acid groups is 1. The van der Waals surface area contributed by atoms with Crippen LogP contribution in [0.4, 0.5) is 34.8 Å². The molecule has 7 amide bonds. The highest BCUT2D eigenvalue weighted by atomic mass is 32.5. The summed E-state index contributed by atoms with van der Waals surface area (Å²) in [5.41, 5.74) is 12.2. The summed E-state index contributed by atoms with van der Waals surface area (Å²) in [5, 5.41) is 7.54. The summed E-state index contributed by atoms with van der Waals surface area (Å²) in [5.74, 6) is -3.76. The second-order valence-corrected chi connectivity index (χ2v) is 25.7. The maximum absolute atomic E-state index is 16.6. The number of rotatable bonds is 23. The van der Waals surface area contributed by atoms with Gasteiger partial charge in [-0.2, -0.15) is 0 Å². The Balaban J connectivity index is 0.738. The van der Waals surface area contributed by atoms with Gasteiger partial charge >= 0.3 is 32.8 Å². The first kappa shape index (κ1) is 67.4. The standard InChI is InChI=1S/C52H63F2N15O19P2S/c1-26(2)39(64-34(72)12-14-67-35(73)10-11-36(67)74)31(71)18-29(5-4-13-57-50(56)75)30(70)17-27-6-8-28(9-7-27)19-82-52(77)66(3)15-16-81-51(76)65-45-41-47(61-23-59-45)69(25-63-41)49-38(54)43-32(85-49)20-83-89(78,79)87-42-33(21-84-90(80,91)88-43)86-48(37(42)53)68-24-62-40-44(55)58-22-60-46(40)68/h6-11,22-26,29,32-33,37-39,42-43,48-49H,4-5,12-21H2,1-3H3,(H,64,72)(H,78,79)(H,80,91)(H2,55,58,60)(H3,56,57,75)(H,59,61,65,76)/t29-,32-,33-,37-,38-,39+,42-,43-,48-,49-,90?/m1/s1. The number of halogens is 2. The molecule has 9 N–H and O–H groups in total. The minimum Gasteiger partial charge on any atom is -0.447 e. The van der Waals surface area contributed by atoms with Gasteiger partial charge in [0.2, 0.25) is 5.91 Å². The molecule has 12 atom stereocenters. The lowest BCUT2D eigenvalue weighted by molar-refractivity contribution is -0.137. The van der Waals surface area contributed by atoms with E-state index in [0.29, 0.717) is 17.5 Å². The number of primary amides is 1. The average molecular weight is 1330 g/mol. The van der Waals surface area contributed by atoms with Gasteiger partial charge in [-0.3, -0.25) is 56.9 Å². The second kappa shape index (κ2) is 29.1. The number of carbonyl (C=O) groups is 8. The molecular weight excluding hydrogens is 1270 g/mol. The van der Waals surface area contributed by atoms with E-state index in [4.69, 9.17) is 60.3 Å². The zero-order chi connectivity index (χ0) is 65.5. The van der Waals surface area contributed by atoms with Crippen molar-refractivity contribution in [2.24, 2.45) is 17.6 Å². The highest BCUT2D eigenvalue weighted by molar-refractivity contribution is 8.07. The fourth-order valence-electron chi connectivity index (χ4n) is 10.1. The van der Waals surface area contributed by atoms with E-state index < -0.39 is 131 Å². The summed E-state index contributed by atoms with van der Waals surface area (Å²) in [4.78, 5) is 150. The molecule has 4 aromatic heterocycles. The molecular formula is C52H63F2N15O19P2S. The van der Waals surface area contributed by atoms with Gasteiger partial charge in [0, 0.05) is 57.5 Å². The number of anilines is 2. The van der Waals surface area contributed by atoms with E-state index in [1.807, 2.05) is 0 Å². The van der Waals surface area contributed by atoms with Crippen LogP contribution in [0.2, 0.25) is 0 Å². The zero-order valence-corrected chi connectivity index (χ0v) is 51.2. The minimum atomic E-state index is -5.24. The molecule has 1 aromatic carbocycles.